The summed E-state index contributed by atoms with van der Waals surface area (Å²) in [6, 6.07) is 8.45. The topological polar surface area (TPSA) is 32.3 Å². The molecule has 1 aliphatic carbocycles. The van der Waals surface area contributed by atoms with Gasteiger partial charge < -0.3 is 10.2 Å². The van der Waals surface area contributed by atoms with E-state index < -0.39 is 0 Å². The average molecular weight is 343 g/mol. The van der Waals surface area contributed by atoms with Gasteiger partial charge in [0.05, 0.1) is 0 Å². The Bertz CT molecular complexity index is 560. The van der Waals surface area contributed by atoms with Crippen molar-refractivity contribution in [3.8, 4) is 0 Å². The molecule has 1 saturated heterocycles. The van der Waals surface area contributed by atoms with Crippen molar-refractivity contribution in [2.24, 2.45) is 23.7 Å². The predicted octanol–water partition coefficient (Wildman–Crippen LogP) is 5.32. The third-order valence-corrected chi connectivity index (χ3v) is 6.22. The summed E-state index contributed by atoms with van der Waals surface area (Å²) in [6.07, 6.45) is 7.40. The summed E-state index contributed by atoms with van der Waals surface area (Å²) >= 11 is 0. The van der Waals surface area contributed by atoms with Gasteiger partial charge in [-0.3, -0.25) is 4.79 Å². The van der Waals surface area contributed by atoms with E-state index in [1.54, 1.807) is 0 Å². The van der Waals surface area contributed by atoms with Gasteiger partial charge in [-0.05, 0) is 74.1 Å². The number of carbonyl (C=O) groups excluding carboxylic acids is 1. The normalized spacial score (nSPS) is 27.4. The maximum atomic E-state index is 12.9. The van der Waals surface area contributed by atoms with Gasteiger partial charge in [0.2, 0.25) is 5.91 Å². The standard InChI is InChI=1S/C22H34N2O/c1-16(2)20-12-7-17(3)15-21(20)22(25)23-18-8-10-19(11-9-18)24-13-5-4-6-14-24/h8-11,16-17,20-21H,4-7,12-15H2,1-3H3,(H,23,25). The van der Waals surface area contributed by atoms with Crippen molar-refractivity contribution in [3.63, 3.8) is 0 Å². The number of carbonyl (C=O) groups is 1. The Kier molecular flexibility index (Phi) is 6.03. The van der Waals surface area contributed by atoms with Crippen LogP contribution in [0.1, 0.15) is 59.3 Å². The lowest BCUT2D eigenvalue weighted by Crippen LogP contribution is -2.36. The number of benzene rings is 1. The van der Waals surface area contributed by atoms with Crippen molar-refractivity contribution < 1.29 is 4.79 Å². The van der Waals surface area contributed by atoms with Crippen molar-refractivity contribution in [1.82, 2.24) is 0 Å². The Labute approximate surface area is 153 Å². The molecule has 3 heteroatoms. The Balaban J connectivity index is 1.63. The van der Waals surface area contributed by atoms with Crippen molar-refractivity contribution in [2.45, 2.75) is 59.3 Å². The van der Waals surface area contributed by atoms with E-state index >= 15 is 0 Å². The Hall–Kier alpha value is -1.51. The number of piperidine rings is 1. The lowest BCUT2D eigenvalue weighted by molar-refractivity contribution is -0.123. The minimum Gasteiger partial charge on any atom is -0.372 e. The molecule has 2 fully saturated rings. The van der Waals surface area contributed by atoms with Gasteiger partial charge in [-0.2, -0.15) is 0 Å². The number of anilines is 2. The molecule has 0 spiro atoms. The second kappa shape index (κ2) is 8.25. The molecule has 0 bridgehead atoms. The maximum Gasteiger partial charge on any atom is 0.227 e. The number of hydrogen-bond acceptors (Lipinski definition) is 2. The highest BCUT2D eigenvalue weighted by Gasteiger charge is 2.35. The van der Waals surface area contributed by atoms with Gasteiger partial charge >= 0.3 is 0 Å². The van der Waals surface area contributed by atoms with Gasteiger partial charge in [0.25, 0.3) is 0 Å². The van der Waals surface area contributed by atoms with Crippen LogP contribution in [0.2, 0.25) is 0 Å². The zero-order chi connectivity index (χ0) is 17.8. The molecular weight excluding hydrogens is 308 g/mol. The zero-order valence-corrected chi connectivity index (χ0v) is 16.1. The Morgan fingerprint density at radius 1 is 1.08 bits per heavy atom. The van der Waals surface area contributed by atoms with Crippen molar-refractivity contribution in [3.05, 3.63) is 24.3 Å². The third kappa shape index (κ3) is 4.56. The summed E-state index contributed by atoms with van der Waals surface area (Å²) < 4.78 is 0. The van der Waals surface area contributed by atoms with Crippen LogP contribution in [-0.2, 0) is 4.79 Å². The fourth-order valence-electron chi connectivity index (χ4n) is 4.65. The minimum absolute atomic E-state index is 0.158. The number of nitrogens with one attached hydrogen (secondary N) is 1. The lowest BCUT2D eigenvalue weighted by atomic mass is 9.70. The van der Waals surface area contributed by atoms with E-state index in [9.17, 15) is 4.79 Å². The number of amides is 1. The molecule has 1 aromatic rings. The lowest BCUT2D eigenvalue weighted by Gasteiger charge is -2.36. The molecule has 138 valence electrons. The highest BCUT2D eigenvalue weighted by molar-refractivity contribution is 5.93. The Morgan fingerprint density at radius 2 is 1.76 bits per heavy atom. The van der Waals surface area contributed by atoms with Crippen LogP contribution in [-0.4, -0.2) is 19.0 Å². The summed E-state index contributed by atoms with van der Waals surface area (Å²) in [5.41, 5.74) is 2.22. The molecule has 0 aromatic heterocycles. The molecule has 1 saturated carbocycles. The van der Waals surface area contributed by atoms with Gasteiger partial charge in [0.15, 0.2) is 0 Å². The monoisotopic (exact) mass is 342 g/mol. The summed E-state index contributed by atoms with van der Waals surface area (Å²) in [6.45, 7) is 9.11. The van der Waals surface area contributed by atoms with Gasteiger partial charge in [0, 0.05) is 30.4 Å². The second-order valence-electron chi connectivity index (χ2n) is 8.52. The molecule has 1 amide bonds. The minimum atomic E-state index is 0.158. The van der Waals surface area contributed by atoms with Gasteiger partial charge in [-0.15, -0.1) is 0 Å². The molecule has 3 rings (SSSR count). The first-order valence-electron chi connectivity index (χ1n) is 10.2. The van der Waals surface area contributed by atoms with Crippen molar-refractivity contribution >= 4 is 17.3 Å². The van der Waals surface area contributed by atoms with E-state index in [0.29, 0.717) is 17.8 Å². The molecule has 3 unspecified atom stereocenters. The SMILES string of the molecule is CC1CCC(C(C)C)C(C(=O)Nc2ccc(N3CCCCC3)cc2)C1. The molecule has 1 heterocycles. The summed E-state index contributed by atoms with van der Waals surface area (Å²) in [5.74, 6) is 2.13. The summed E-state index contributed by atoms with van der Waals surface area (Å²) in [5, 5.41) is 3.19. The van der Waals surface area contributed by atoms with Gasteiger partial charge in [0.1, 0.15) is 0 Å². The molecule has 3 atom stereocenters. The van der Waals surface area contributed by atoms with Crippen LogP contribution in [0, 0.1) is 23.7 Å². The molecule has 25 heavy (non-hydrogen) atoms. The van der Waals surface area contributed by atoms with Crippen LogP contribution in [0.5, 0.6) is 0 Å². The Morgan fingerprint density at radius 3 is 2.40 bits per heavy atom. The molecule has 0 radical (unpaired) electrons. The highest BCUT2D eigenvalue weighted by Crippen LogP contribution is 2.38. The molecule has 1 aliphatic heterocycles. The van der Waals surface area contributed by atoms with E-state index in [1.165, 1.54) is 37.8 Å². The van der Waals surface area contributed by atoms with Crippen molar-refractivity contribution in [2.75, 3.05) is 23.3 Å². The fourth-order valence-corrected chi connectivity index (χ4v) is 4.65. The largest absolute Gasteiger partial charge is 0.372 e. The quantitative estimate of drug-likeness (QED) is 0.802. The first-order chi connectivity index (χ1) is 12.0. The zero-order valence-electron chi connectivity index (χ0n) is 16.1. The first-order valence-corrected chi connectivity index (χ1v) is 10.2. The molecule has 1 N–H and O–H groups in total. The number of hydrogen-bond donors (Lipinski definition) is 1. The molecule has 1 aromatic carbocycles. The smallest absolute Gasteiger partial charge is 0.227 e. The van der Waals surface area contributed by atoms with Crippen LogP contribution in [0.25, 0.3) is 0 Å². The second-order valence-corrected chi connectivity index (χ2v) is 8.52. The summed E-state index contributed by atoms with van der Waals surface area (Å²) in [4.78, 5) is 15.3. The fraction of sp³-hybridized carbons (Fsp3) is 0.682. The van der Waals surface area contributed by atoms with E-state index in [4.69, 9.17) is 0 Å². The van der Waals surface area contributed by atoms with E-state index in [0.717, 1.165) is 25.2 Å². The maximum absolute atomic E-state index is 12.9. The molecular formula is C22H34N2O. The van der Waals surface area contributed by atoms with Gasteiger partial charge in [-0.1, -0.05) is 27.2 Å². The van der Waals surface area contributed by atoms with Crippen LogP contribution in [0.3, 0.4) is 0 Å². The highest BCUT2D eigenvalue weighted by atomic mass is 16.1. The average Bonchev–Trinajstić information content (AvgIpc) is 2.62. The number of nitrogens with zero attached hydrogens (tertiary/aromatic N) is 1. The van der Waals surface area contributed by atoms with E-state index in [1.807, 2.05) is 0 Å². The van der Waals surface area contributed by atoms with Crippen LogP contribution in [0.4, 0.5) is 11.4 Å². The first kappa shape index (κ1) is 18.3. The van der Waals surface area contributed by atoms with Gasteiger partial charge in [-0.25, -0.2) is 0 Å². The van der Waals surface area contributed by atoms with Crippen LogP contribution in [0.15, 0.2) is 24.3 Å². The van der Waals surface area contributed by atoms with E-state index in [-0.39, 0.29) is 11.8 Å². The van der Waals surface area contributed by atoms with E-state index in [2.05, 4.69) is 55.3 Å². The van der Waals surface area contributed by atoms with Crippen molar-refractivity contribution in [1.29, 1.82) is 0 Å². The predicted molar refractivity (Wildman–Crippen MR) is 106 cm³/mol. The molecule has 3 nitrogen and oxygen atoms in total. The summed E-state index contributed by atoms with van der Waals surface area (Å²) in [7, 11) is 0. The number of rotatable bonds is 4. The van der Waals surface area contributed by atoms with Crippen LogP contribution >= 0.6 is 0 Å². The molecule has 2 aliphatic rings. The van der Waals surface area contributed by atoms with Crippen LogP contribution < -0.4 is 10.2 Å². The third-order valence-electron chi connectivity index (χ3n) is 6.22.